The third-order valence-corrected chi connectivity index (χ3v) is 4.02. The summed E-state index contributed by atoms with van der Waals surface area (Å²) in [6, 6.07) is 9.46. The van der Waals surface area contributed by atoms with E-state index in [9.17, 15) is 0 Å². The lowest BCUT2D eigenvalue weighted by Gasteiger charge is -2.38. The van der Waals surface area contributed by atoms with Crippen LogP contribution in [-0.2, 0) is 0 Å². The van der Waals surface area contributed by atoms with Crippen LogP contribution in [-0.4, -0.2) is 32.1 Å². The molecule has 0 radical (unpaired) electrons. The van der Waals surface area contributed by atoms with Crippen LogP contribution in [0.2, 0.25) is 0 Å². The molecule has 0 amide bonds. The summed E-state index contributed by atoms with van der Waals surface area (Å²) in [7, 11) is 6.36. The lowest BCUT2D eigenvalue weighted by molar-refractivity contribution is 0.247. The van der Waals surface area contributed by atoms with E-state index in [0.29, 0.717) is 12.0 Å². The van der Waals surface area contributed by atoms with Crippen molar-refractivity contribution in [3.63, 3.8) is 0 Å². The van der Waals surface area contributed by atoms with E-state index >= 15 is 0 Å². The molecule has 2 nitrogen and oxygen atoms in total. The van der Waals surface area contributed by atoms with E-state index in [1.54, 1.807) is 0 Å². The highest BCUT2D eigenvalue weighted by Gasteiger charge is 2.31. The van der Waals surface area contributed by atoms with Crippen molar-refractivity contribution < 1.29 is 0 Å². The van der Waals surface area contributed by atoms with Crippen molar-refractivity contribution in [2.45, 2.75) is 31.7 Å². The minimum atomic E-state index is 0.601. The van der Waals surface area contributed by atoms with Gasteiger partial charge in [-0.25, -0.2) is 0 Å². The number of likely N-dealkylation sites (N-methyl/N-ethyl adjacent to an activating group) is 1. The quantitative estimate of drug-likeness (QED) is 0.879. The third kappa shape index (κ3) is 2.30. The van der Waals surface area contributed by atoms with Gasteiger partial charge in [-0.1, -0.05) is 31.2 Å². The maximum Gasteiger partial charge on any atom is 0.0199 e. The topological polar surface area (TPSA) is 15.3 Å². The largest absolute Gasteiger partial charge is 0.394 e. The normalized spacial score (nSPS) is 25.3. The number of rotatable bonds is 3. The Kier molecular flexibility index (Phi) is 4.07. The summed E-state index contributed by atoms with van der Waals surface area (Å²) in [5.74, 6) is 0.644. The molecule has 2 unspecified atom stereocenters. The molecule has 0 saturated carbocycles. The molecule has 0 aromatic heterocycles. The minimum Gasteiger partial charge on any atom is -0.394 e. The van der Waals surface area contributed by atoms with E-state index in [-0.39, 0.29) is 0 Å². The van der Waals surface area contributed by atoms with Gasteiger partial charge >= 0.3 is 0 Å². The molecule has 0 fully saturated rings. The Bertz CT molecular complexity index is 434. The first-order valence-corrected chi connectivity index (χ1v) is 6.81. The summed E-state index contributed by atoms with van der Waals surface area (Å²) in [6.07, 6.45) is 4.48. The molecule has 0 saturated heterocycles. The molecule has 2 atom stereocenters. The maximum atomic E-state index is 3.19. The minimum absolute atomic E-state index is 0.601. The van der Waals surface area contributed by atoms with Crippen molar-refractivity contribution in [2.24, 2.45) is 0 Å². The van der Waals surface area contributed by atoms with Gasteiger partial charge in [0.1, 0.15) is 0 Å². The van der Waals surface area contributed by atoms with Crippen molar-refractivity contribution in [2.75, 3.05) is 21.1 Å². The van der Waals surface area contributed by atoms with Crippen LogP contribution in [0.15, 0.2) is 30.5 Å². The van der Waals surface area contributed by atoms with E-state index in [1.165, 1.54) is 23.1 Å². The molecule has 1 aliphatic rings. The lowest BCUT2D eigenvalue weighted by atomic mass is 9.75. The molecule has 18 heavy (non-hydrogen) atoms. The first kappa shape index (κ1) is 13.2. The Morgan fingerprint density at radius 1 is 1.33 bits per heavy atom. The average molecular weight is 244 g/mol. The number of nitrogens with zero attached hydrogens (tertiary/aromatic N) is 1. The molecule has 0 heterocycles. The van der Waals surface area contributed by atoms with Crippen molar-refractivity contribution >= 4 is 5.57 Å². The maximum absolute atomic E-state index is 3.19. The Morgan fingerprint density at radius 2 is 2.06 bits per heavy atom. The van der Waals surface area contributed by atoms with Gasteiger partial charge < -0.3 is 10.2 Å². The first-order valence-electron chi connectivity index (χ1n) is 6.81. The summed E-state index contributed by atoms with van der Waals surface area (Å²) < 4.78 is 0. The van der Waals surface area contributed by atoms with Gasteiger partial charge in [0.05, 0.1) is 0 Å². The van der Waals surface area contributed by atoms with E-state index < -0.39 is 0 Å². The highest BCUT2D eigenvalue weighted by molar-refractivity contribution is 5.71. The van der Waals surface area contributed by atoms with Crippen LogP contribution in [0.1, 0.15) is 36.8 Å². The number of fused-ring (bicyclic) bond motifs is 1. The number of nitrogens with one attached hydrogen (secondary N) is 1. The highest BCUT2D eigenvalue weighted by atomic mass is 15.1. The molecule has 0 bridgehead atoms. The van der Waals surface area contributed by atoms with Gasteiger partial charge in [0.2, 0.25) is 0 Å². The fourth-order valence-electron chi connectivity index (χ4n) is 3.14. The number of hydrogen-bond donors (Lipinski definition) is 1. The molecule has 1 aliphatic carbocycles. The fraction of sp³-hybridized carbons (Fsp3) is 0.500. The Morgan fingerprint density at radius 3 is 2.67 bits per heavy atom. The van der Waals surface area contributed by atoms with Gasteiger partial charge in [0.15, 0.2) is 0 Å². The zero-order valence-electron chi connectivity index (χ0n) is 11.9. The molecule has 0 aliphatic heterocycles. The SMILES string of the molecule is CCC1c2ccccc2/C(=C\NC)CC1N(C)C. The van der Waals surface area contributed by atoms with Crippen molar-refractivity contribution in [1.82, 2.24) is 10.2 Å². The molecule has 2 heteroatoms. The monoisotopic (exact) mass is 244 g/mol. The molecule has 2 rings (SSSR count). The summed E-state index contributed by atoms with van der Waals surface area (Å²) in [5.41, 5.74) is 4.36. The zero-order valence-corrected chi connectivity index (χ0v) is 11.9. The summed E-state index contributed by atoms with van der Waals surface area (Å²) in [6.45, 7) is 2.30. The van der Waals surface area contributed by atoms with Crippen molar-refractivity contribution in [3.05, 3.63) is 41.6 Å². The second-order valence-corrected chi connectivity index (χ2v) is 5.30. The molecule has 1 aromatic rings. The van der Waals surface area contributed by atoms with E-state index in [4.69, 9.17) is 0 Å². The molecule has 0 spiro atoms. The van der Waals surface area contributed by atoms with Crippen molar-refractivity contribution in [1.29, 1.82) is 0 Å². The Hall–Kier alpha value is -1.28. The number of hydrogen-bond acceptors (Lipinski definition) is 2. The fourth-order valence-corrected chi connectivity index (χ4v) is 3.14. The third-order valence-electron chi connectivity index (χ3n) is 4.02. The van der Waals surface area contributed by atoms with E-state index in [0.717, 1.165) is 6.42 Å². The smallest absolute Gasteiger partial charge is 0.0199 e. The first-order chi connectivity index (χ1) is 8.69. The Balaban J connectivity index is 2.49. The molecule has 1 aromatic carbocycles. The number of benzene rings is 1. The molecular weight excluding hydrogens is 220 g/mol. The van der Waals surface area contributed by atoms with Crippen molar-refractivity contribution in [3.8, 4) is 0 Å². The molecule has 98 valence electrons. The van der Waals surface area contributed by atoms with Crippen LogP contribution in [0.25, 0.3) is 5.57 Å². The van der Waals surface area contributed by atoms with Gasteiger partial charge in [-0.2, -0.15) is 0 Å². The highest BCUT2D eigenvalue weighted by Crippen LogP contribution is 2.41. The molecule has 1 N–H and O–H groups in total. The predicted molar refractivity (Wildman–Crippen MR) is 78.6 cm³/mol. The van der Waals surface area contributed by atoms with Gasteiger partial charge in [0, 0.05) is 25.2 Å². The van der Waals surface area contributed by atoms with Gasteiger partial charge in [-0.15, -0.1) is 0 Å². The second kappa shape index (κ2) is 5.57. The molecular formula is C16H24N2. The Labute approximate surface area is 111 Å². The van der Waals surface area contributed by atoms with E-state index in [1.807, 2.05) is 7.05 Å². The summed E-state index contributed by atoms with van der Waals surface area (Å²) in [4.78, 5) is 2.37. The van der Waals surface area contributed by atoms with Gasteiger partial charge in [0.25, 0.3) is 0 Å². The van der Waals surface area contributed by atoms with Crippen LogP contribution in [0.3, 0.4) is 0 Å². The van der Waals surface area contributed by atoms with Crippen LogP contribution in [0.4, 0.5) is 0 Å². The van der Waals surface area contributed by atoms with Crippen LogP contribution in [0.5, 0.6) is 0 Å². The summed E-state index contributed by atoms with van der Waals surface area (Å²) >= 11 is 0. The summed E-state index contributed by atoms with van der Waals surface area (Å²) in [5, 5.41) is 3.19. The zero-order chi connectivity index (χ0) is 13.1. The van der Waals surface area contributed by atoms with Crippen LogP contribution < -0.4 is 5.32 Å². The second-order valence-electron chi connectivity index (χ2n) is 5.30. The van der Waals surface area contributed by atoms with Crippen LogP contribution >= 0.6 is 0 Å². The van der Waals surface area contributed by atoms with Gasteiger partial charge in [-0.05, 0) is 43.6 Å². The lowest BCUT2D eigenvalue weighted by Crippen LogP contribution is -2.37. The predicted octanol–water partition coefficient (Wildman–Crippen LogP) is 3.07. The standard InChI is InChI=1S/C16H24N2/c1-5-13-15-9-7-6-8-14(15)12(11-17-2)10-16(13)18(3)4/h6-9,11,13,16-17H,5,10H2,1-4H3/b12-11-. The van der Waals surface area contributed by atoms with Gasteiger partial charge in [-0.3, -0.25) is 0 Å². The van der Waals surface area contributed by atoms with E-state index in [2.05, 4.69) is 61.7 Å². The van der Waals surface area contributed by atoms with Crippen LogP contribution in [0, 0.1) is 0 Å². The average Bonchev–Trinajstić information content (AvgIpc) is 2.38.